The van der Waals surface area contributed by atoms with Gasteiger partial charge in [-0.2, -0.15) is 13.2 Å². The fraction of sp³-hybridized carbons (Fsp3) is 0.583. The summed E-state index contributed by atoms with van der Waals surface area (Å²) in [5.74, 6) is -0.0541. The molecule has 1 rings (SSSR count). The Morgan fingerprint density at radius 1 is 1.28 bits per heavy atom. The average molecular weight is 262 g/mol. The molecule has 0 bridgehead atoms. The van der Waals surface area contributed by atoms with E-state index in [1.807, 2.05) is 13.8 Å². The highest BCUT2D eigenvalue weighted by molar-refractivity contribution is 5.23. The van der Waals surface area contributed by atoms with Gasteiger partial charge in [-0.3, -0.25) is 0 Å². The van der Waals surface area contributed by atoms with Crippen molar-refractivity contribution in [2.75, 3.05) is 6.61 Å². The Labute approximate surface area is 104 Å². The third-order valence-electron chi connectivity index (χ3n) is 2.98. The summed E-state index contributed by atoms with van der Waals surface area (Å²) in [6.07, 6.45) is -1.95. The lowest BCUT2D eigenvalue weighted by Crippen LogP contribution is -2.44. The van der Waals surface area contributed by atoms with E-state index in [-0.39, 0.29) is 12.5 Å². The highest BCUT2D eigenvalue weighted by Gasteiger charge is 2.31. The Hall–Kier alpha value is -1.30. The number of pyridine rings is 1. The minimum absolute atomic E-state index is 0.0541. The summed E-state index contributed by atoms with van der Waals surface area (Å²) in [4.78, 5) is 3.75. The van der Waals surface area contributed by atoms with Crippen molar-refractivity contribution in [1.29, 1.82) is 0 Å². The first-order chi connectivity index (χ1) is 8.30. The van der Waals surface area contributed by atoms with Crippen molar-refractivity contribution >= 4 is 0 Å². The molecule has 102 valence electrons. The van der Waals surface area contributed by atoms with Gasteiger partial charge < -0.3 is 10.5 Å². The van der Waals surface area contributed by atoms with Crippen LogP contribution >= 0.6 is 0 Å². The molecule has 6 heteroatoms. The van der Waals surface area contributed by atoms with E-state index < -0.39 is 17.3 Å². The normalized spacial score (nSPS) is 12.6. The van der Waals surface area contributed by atoms with Gasteiger partial charge in [0.15, 0.2) is 0 Å². The summed E-state index contributed by atoms with van der Waals surface area (Å²) in [5, 5.41) is 0. The number of nitrogens with zero attached hydrogens (tertiary/aromatic N) is 1. The fourth-order valence-corrected chi connectivity index (χ4v) is 1.34. The largest absolute Gasteiger partial charge is 0.476 e. The summed E-state index contributed by atoms with van der Waals surface area (Å²) in [5.41, 5.74) is 4.69. The molecule has 18 heavy (non-hydrogen) atoms. The molecule has 0 unspecified atom stereocenters. The second-order valence-corrected chi connectivity index (χ2v) is 4.24. The van der Waals surface area contributed by atoms with Gasteiger partial charge in [0, 0.05) is 17.8 Å². The van der Waals surface area contributed by atoms with Crippen molar-refractivity contribution in [3.8, 4) is 5.88 Å². The van der Waals surface area contributed by atoms with Gasteiger partial charge in [0.05, 0.1) is 5.56 Å². The van der Waals surface area contributed by atoms with Crippen LogP contribution in [-0.4, -0.2) is 17.1 Å². The number of rotatable bonds is 5. The van der Waals surface area contributed by atoms with Gasteiger partial charge >= 0.3 is 6.18 Å². The molecule has 0 aliphatic carbocycles. The molecule has 1 aromatic heterocycles. The van der Waals surface area contributed by atoms with Crippen LogP contribution in [0.3, 0.4) is 0 Å². The van der Waals surface area contributed by atoms with E-state index in [0.29, 0.717) is 12.8 Å². The monoisotopic (exact) mass is 262 g/mol. The first kappa shape index (κ1) is 14.8. The molecule has 0 fully saturated rings. The number of halogens is 3. The summed E-state index contributed by atoms with van der Waals surface area (Å²) in [6.45, 7) is 3.97. The minimum atomic E-state index is -4.39. The maximum absolute atomic E-state index is 12.5. The van der Waals surface area contributed by atoms with E-state index in [1.165, 1.54) is 0 Å². The van der Waals surface area contributed by atoms with E-state index in [4.69, 9.17) is 10.5 Å². The van der Waals surface area contributed by atoms with Gasteiger partial charge in [0.2, 0.25) is 5.88 Å². The van der Waals surface area contributed by atoms with E-state index >= 15 is 0 Å². The van der Waals surface area contributed by atoms with E-state index in [0.717, 1.165) is 18.3 Å². The van der Waals surface area contributed by atoms with Crippen LogP contribution in [0.25, 0.3) is 0 Å². The zero-order valence-corrected chi connectivity index (χ0v) is 10.4. The van der Waals surface area contributed by atoms with Crippen LogP contribution in [0.15, 0.2) is 18.3 Å². The highest BCUT2D eigenvalue weighted by atomic mass is 19.4. The van der Waals surface area contributed by atoms with Crippen molar-refractivity contribution in [3.63, 3.8) is 0 Å². The van der Waals surface area contributed by atoms with Crippen LogP contribution < -0.4 is 10.5 Å². The first-order valence-corrected chi connectivity index (χ1v) is 5.75. The van der Waals surface area contributed by atoms with Gasteiger partial charge in [-0.1, -0.05) is 13.8 Å². The molecule has 1 heterocycles. The Kier molecular flexibility index (Phi) is 4.56. The van der Waals surface area contributed by atoms with Gasteiger partial charge in [0.25, 0.3) is 0 Å². The molecule has 0 amide bonds. The molecule has 3 nitrogen and oxygen atoms in total. The maximum Gasteiger partial charge on any atom is 0.416 e. The Morgan fingerprint density at radius 3 is 2.39 bits per heavy atom. The minimum Gasteiger partial charge on any atom is -0.476 e. The van der Waals surface area contributed by atoms with Crippen LogP contribution in [0.1, 0.15) is 32.3 Å². The van der Waals surface area contributed by atoms with Gasteiger partial charge in [-0.15, -0.1) is 0 Å². The molecular formula is C12H17F3N2O. The van der Waals surface area contributed by atoms with Crippen molar-refractivity contribution in [2.45, 2.75) is 38.4 Å². The number of hydrogen-bond acceptors (Lipinski definition) is 3. The van der Waals surface area contributed by atoms with Gasteiger partial charge in [-0.25, -0.2) is 4.98 Å². The molecule has 0 spiro atoms. The highest BCUT2D eigenvalue weighted by Crippen LogP contribution is 2.30. The van der Waals surface area contributed by atoms with Gasteiger partial charge in [0.1, 0.15) is 6.61 Å². The van der Waals surface area contributed by atoms with Crippen molar-refractivity contribution in [1.82, 2.24) is 4.98 Å². The maximum atomic E-state index is 12.5. The summed E-state index contributed by atoms with van der Waals surface area (Å²) in [6, 6.07) is 1.79. The van der Waals surface area contributed by atoms with Crippen LogP contribution in [-0.2, 0) is 6.18 Å². The summed E-state index contributed by atoms with van der Waals surface area (Å²) < 4.78 is 42.7. The lowest BCUT2D eigenvalue weighted by atomic mass is 9.96. The number of hydrogen-bond donors (Lipinski definition) is 1. The Morgan fingerprint density at radius 2 is 1.89 bits per heavy atom. The quantitative estimate of drug-likeness (QED) is 0.887. The average Bonchev–Trinajstić information content (AvgIpc) is 2.35. The molecule has 0 aromatic carbocycles. The standard InChI is InChI=1S/C12H17F3N2O/c1-3-11(16,4-2)8-18-10-7-9(5-6-17-10)12(13,14)15/h5-7H,3-4,8,16H2,1-2H3. The van der Waals surface area contributed by atoms with Crippen LogP contribution in [0.4, 0.5) is 13.2 Å². The molecule has 0 saturated heterocycles. The topological polar surface area (TPSA) is 48.1 Å². The molecule has 0 atom stereocenters. The van der Waals surface area contributed by atoms with E-state index in [9.17, 15) is 13.2 Å². The predicted molar refractivity (Wildman–Crippen MR) is 62.2 cm³/mol. The third kappa shape index (κ3) is 3.87. The summed E-state index contributed by atoms with van der Waals surface area (Å²) in [7, 11) is 0. The van der Waals surface area contributed by atoms with Crippen LogP contribution in [0, 0.1) is 0 Å². The number of nitrogens with two attached hydrogens (primary N) is 1. The van der Waals surface area contributed by atoms with Gasteiger partial charge in [-0.05, 0) is 18.9 Å². The predicted octanol–water partition coefficient (Wildman–Crippen LogP) is 3.00. The first-order valence-electron chi connectivity index (χ1n) is 5.75. The van der Waals surface area contributed by atoms with Crippen molar-refractivity contribution in [3.05, 3.63) is 23.9 Å². The molecule has 0 aliphatic rings. The molecule has 0 saturated carbocycles. The second-order valence-electron chi connectivity index (χ2n) is 4.24. The van der Waals surface area contributed by atoms with Crippen LogP contribution in [0.5, 0.6) is 5.88 Å². The lowest BCUT2D eigenvalue weighted by Gasteiger charge is -2.26. The zero-order chi connectivity index (χ0) is 13.8. The lowest BCUT2D eigenvalue weighted by molar-refractivity contribution is -0.137. The van der Waals surface area contributed by atoms with Crippen molar-refractivity contribution in [2.24, 2.45) is 5.73 Å². The van der Waals surface area contributed by atoms with Crippen LogP contribution in [0.2, 0.25) is 0 Å². The van der Waals surface area contributed by atoms with Crippen molar-refractivity contribution < 1.29 is 17.9 Å². The molecule has 1 aromatic rings. The zero-order valence-electron chi connectivity index (χ0n) is 10.4. The smallest absolute Gasteiger partial charge is 0.416 e. The number of alkyl halides is 3. The Bertz CT molecular complexity index is 389. The molecule has 2 N–H and O–H groups in total. The van der Waals surface area contributed by atoms with E-state index in [2.05, 4.69) is 4.98 Å². The molecular weight excluding hydrogens is 245 g/mol. The summed E-state index contributed by atoms with van der Waals surface area (Å²) >= 11 is 0. The second kappa shape index (κ2) is 5.56. The number of ether oxygens (including phenoxy) is 1. The third-order valence-corrected chi connectivity index (χ3v) is 2.98. The Balaban J connectivity index is 2.75. The fourth-order valence-electron chi connectivity index (χ4n) is 1.34. The molecule has 0 radical (unpaired) electrons. The molecule has 0 aliphatic heterocycles. The van der Waals surface area contributed by atoms with E-state index in [1.54, 1.807) is 0 Å². The SMILES string of the molecule is CCC(N)(CC)COc1cc(C(F)(F)F)ccn1. The number of aromatic nitrogens is 1.